The third kappa shape index (κ3) is 4.46. The van der Waals surface area contributed by atoms with Crippen LogP contribution in [-0.4, -0.2) is 61.5 Å². The molecule has 0 radical (unpaired) electrons. The Hall–Kier alpha value is -3.59. The van der Waals surface area contributed by atoms with Gasteiger partial charge in [0.05, 0.1) is 27.3 Å². The third-order valence-electron chi connectivity index (χ3n) is 4.92. The van der Waals surface area contributed by atoms with E-state index in [9.17, 15) is 4.79 Å². The zero-order valence-corrected chi connectivity index (χ0v) is 17.5. The van der Waals surface area contributed by atoms with Gasteiger partial charge in [-0.1, -0.05) is 5.16 Å². The number of rotatable bonds is 8. The van der Waals surface area contributed by atoms with Gasteiger partial charge in [0.1, 0.15) is 18.5 Å². The first-order valence-corrected chi connectivity index (χ1v) is 9.71. The van der Waals surface area contributed by atoms with Gasteiger partial charge in [-0.05, 0) is 42.5 Å². The van der Waals surface area contributed by atoms with E-state index in [0.29, 0.717) is 47.6 Å². The van der Waals surface area contributed by atoms with Crippen LogP contribution in [0.2, 0.25) is 0 Å². The molecule has 1 saturated heterocycles. The highest BCUT2D eigenvalue weighted by Crippen LogP contribution is 2.29. The fraction of sp³-hybridized carbons (Fsp3) is 0.318. The van der Waals surface area contributed by atoms with Crippen LogP contribution in [0, 0.1) is 0 Å². The third-order valence-corrected chi connectivity index (χ3v) is 4.92. The second kappa shape index (κ2) is 9.05. The zero-order valence-electron chi connectivity index (χ0n) is 17.5. The molecule has 9 nitrogen and oxygen atoms in total. The highest BCUT2D eigenvalue weighted by molar-refractivity contribution is 5.95. The summed E-state index contributed by atoms with van der Waals surface area (Å²) in [7, 11) is 4.67. The van der Waals surface area contributed by atoms with Crippen LogP contribution >= 0.6 is 0 Å². The van der Waals surface area contributed by atoms with E-state index in [1.54, 1.807) is 44.4 Å². The number of likely N-dealkylation sites (tertiary alicyclic amines) is 1. The van der Waals surface area contributed by atoms with E-state index < -0.39 is 0 Å². The van der Waals surface area contributed by atoms with Crippen LogP contribution < -0.4 is 14.2 Å². The molecule has 31 heavy (non-hydrogen) atoms. The lowest BCUT2D eigenvalue weighted by molar-refractivity contribution is 0.0178. The maximum absolute atomic E-state index is 12.7. The summed E-state index contributed by atoms with van der Waals surface area (Å²) in [6, 6.07) is 12.6. The minimum Gasteiger partial charge on any atom is -0.493 e. The summed E-state index contributed by atoms with van der Waals surface area (Å²) in [6.45, 7) is 1.30. The van der Waals surface area contributed by atoms with E-state index in [0.717, 1.165) is 5.56 Å². The summed E-state index contributed by atoms with van der Waals surface area (Å²) in [5, 5.41) is 3.94. The second-order valence-corrected chi connectivity index (χ2v) is 6.99. The van der Waals surface area contributed by atoms with Gasteiger partial charge < -0.3 is 28.4 Å². The van der Waals surface area contributed by atoms with Gasteiger partial charge in [-0.25, -0.2) is 0 Å². The molecule has 0 aliphatic carbocycles. The number of hydrogen-bond donors (Lipinski definition) is 0. The largest absolute Gasteiger partial charge is 0.493 e. The summed E-state index contributed by atoms with van der Waals surface area (Å²) < 4.78 is 26.5. The van der Waals surface area contributed by atoms with Crippen molar-refractivity contribution in [3.8, 4) is 28.6 Å². The van der Waals surface area contributed by atoms with E-state index in [2.05, 4.69) is 10.1 Å². The first-order chi connectivity index (χ1) is 15.1. The van der Waals surface area contributed by atoms with Crippen molar-refractivity contribution in [2.45, 2.75) is 12.7 Å². The highest BCUT2D eigenvalue weighted by Gasteiger charge is 2.33. The molecule has 2 heterocycles. The van der Waals surface area contributed by atoms with Crippen LogP contribution in [-0.2, 0) is 11.3 Å². The van der Waals surface area contributed by atoms with Gasteiger partial charge in [-0.3, -0.25) is 4.79 Å². The fourth-order valence-corrected chi connectivity index (χ4v) is 3.26. The van der Waals surface area contributed by atoms with Crippen molar-refractivity contribution in [2.75, 3.05) is 34.4 Å². The Morgan fingerprint density at radius 2 is 1.81 bits per heavy atom. The van der Waals surface area contributed by atoms with Crippen molar-refractivity contribution in [1.82, 2.24) is 15.0 Å². The lowest BCUT2D eigenvalue weighted by Gasteiger charge is -2.39. The molecule has 1 fully saturated rings. The first-order valence-electron chi connectivity index (χ1n) is 9.71. The SMILES string of the molecule is COCc1nc(-c2ccc(OC3CN(C(=O)c4ccc(OC)c(OC)c4)C3)cc2)no1. The number of ether oxygens (including phenoxy) is 4. The Morgan fingerprint density at radius 1 is 1.06 bits per heavy atom. The quantitative estimate of drug-likeness (QED) is 0.544. The summed E-state index contributed by atoms with van der Waals surface area (Å²) in [6.07, 6.45) is -0.0616. The minimum absolute atomic E-state index is 0.0616. The molecule has 9 heteroatoms. The lowest BCUT2D eigenvalue weighted by atomic mass is 10.1. The maximum atomic E-state index is 12.7. The summed E-state index contributed by atoms with van der Waals surface area (Å²) in [5.74, 6) is 2.67. The molecule has 0 atom stereocenters. The fourth-order valence-electron chi connectivity index (χ4n) is 3.26. The monoisotopic (exact) mass is 425 g/mol. The average Bonchev–Trinajstić information content (AvgIpc) is 3.24. The number of carbonyl (C=O) groups is 1. The van der Waals surface area contributed by atoms with Gasteiger partial charge >= 0.3 is 0 Å². The Kier molecular flexibility index (Phi) is 6.03. The van der Waals surface area contributed by atoms with E-state index in [4.69, 9.17) is 23.5 Å². The standard InChI is InChI=1S/C22H23N3O6/c1-27-13-20-23-21(24-31-20)14-4-7-16(8-5-14)30-17-11-25(12-17)22(26)15-6-9-18(28-2)19(10-15)29-3/h4-10,17H,11-13H2,1-3H3. The van der Waals surface area contributed by atoms with E-state index in [-0.39, 0.29) is 18.6 Å². The smallest absolute Gasteiger partial charge is 0.254 e. The molecular weight excluding hydrogens is 402 g/mol. The van der Waals surface area contributed by atoms with Crippen LogP contribution in [0.25, 0.3) is 11.4 Å². The van der Waals surface area contributed by atoms with Crippen LogP contribution in [0.4, 0.5) is 0 Å². The molecule has 1 amide bonds. The molecular formula is C22H23N3O6. The zero-order chi connectivity index (χ0) is 21.8. The van der Waals surface area contributed by atoms with Crippen molar-refractivity contribution >= 4 is 5.91 Å². The van der Waals surface area contributed by atoms with Crippen molar-refractivity contribution in [1.29, 1.82) is 0 Å². The number of amides is 1. The number of hydrogen-bond acceptors (Lipinski definition) is 8. The normalized spacial score (nSPS) is 13.6. The number of carbonyl (C=O) groups excluding carboxylic acids is 1. The molecule has 162 valence electrons. The van der Waals surface area contributed by atoms with E-state index >= 15 is 0 Å². The Balaban J connectivity index is 1.32. The molecule has 0 bridgehead atoms. The van der Waals surface area contributed by atoms with Gasteiger partial charge in [0.2, 0.25) is 5.82 Å². The predicted molar refractivity (Wildman–Crippen MR) is 110 cm³/mol. The summed E-state index contributed by atoms with van der Waals surface area (Å²) >= 11 is 0. The van der Waals surface area contributed by atoms with Crippen LogP contribution in [0.1, 0.15) is 16.2 Å². The number of aromatic nitrogens is 2. The van der Waals surface area contributed by atoms with Crippen LogP contribution in [0.3, 0.4) is 0 Å². The second-order valence-electron chi connectivity index (χ2n) is 6.99. The molecule has 1 aliphatic heterocycles. The van der Waals surface area contributed by atoms with Crippen LogP contribution in [0.15, 0.2) is 47.0 Å². The van der Waals surface area contributed by atoms with Crippen molar-refractivity contribution in [3.05, 3.63) is 53.9 Å². The van der Waals surface area contributed by atoms with Crippen molar-refractivity contribution in [3.63, 3.8) is 0 Å². The average molecular weight is 425 g/mol. The van der Waals surface area contributed by atoms with Gasteiger partial charge in [-0.2, -0.15) is 4.98 Å². The first kappa shape index (κ1) is 20.7. The number of methoxy groups -OCH3 is 3. The van der Waals surface area contributed by atoms with Gasteiger partial charge in [0.15, 0.2) is 11.5 Å². The summed E-state index contributed by atoms with van der Waals surface area (Å²) in [4.78, 5) is 18.7. The topological polar surface area (TPSA) is 96.2 Å². The molecule has 0 spiro atoms. The van der Waals surface area contributed by atoms with Crippen LogP contribution in [0.5, 0.6) is 17.2 Å². The van der Waals surface area contributed by atoms with Crippen molar-refractivity contribution in [2.24, 2.45) is 0 Å². The lowest BCUT2D eigenvalue weighted by Crippen LogP contribution is -2.56. The Morgan fingerprint density at radius 3 is 2.48 bits per heavy atom. The molecule has 1 aliphatic rings. The molecule has 4 rings (SSSR count). The number of nitrogens with zero attached hydrogens (tertiary/aromatic N) is 3. The molecule has 0 N–H and O–H groups in total. The molecule has 1 aromatic heterocycles. The van der Waals surface area contributed by atoms with Crippen molar-refractivity contribution < 1.29 is 28.3 Å². The van der Waals surface area contributed by atoms with Gasteiger partial charge in [-0.15, -0.1) is 0 Å². The predicted octanol–water partition coefficient (Wildman–Crippen LogP) is 2.80. The van der Waals surface area contributed by atoms with E-state index in [1.165, 1.54) is 0 Å². The van der Waals surface area contributed by atoms with E-state index in [1.807, 2.05) is 24.3 Å². The molecule has 0 saturated carbocycles. The Bertz CT molecular complexity index is 1040. The minimum atomic E-state index is -0.0693. The maximum Gasteiger partial charge on any atom is 0.254 e. The molecule has 0 unspecified atom stereocenters. The molecule has 2 aromatic carbocycles. The van der Waals surface area contributed by atoms with Gasteiger partial charge in [0, 0.05) is 18.2 Å². The van der Waals surface area contributed by atoms with Gasteiger partial charge in [0.25, 0.3) is 11.8 Å². The number of benzene rings is 2. The highest BCUT2D eigenvalue weighted by atomic mass is 16.5. The summed E-state index contributed by atoms with van der Waals surface area (Å²) in [5.41, 5.74) is 1.37. The molecule has 3 aromatic rings. The Labute approximate surface area is 179 Å².